The lowest BCUT2D eigenvalue weighted by Crippen LogP contribution is -2.16. The first-order chi connectivity index (χ1) is 10.1. The molecular weight excluding hydrogens is 310 g/mol. The molecule has 21 heavy (non-hydrogen) atoms. The maximum absolute atomic E-state index is 5.96. The number of oxime groups is 1. The fourth-order valence-corrected chi connectivity index (χ4v) is 2.53. The Hall–Kier alpha value is -1.79. The number of amidine groups is 1. The normalized spacial score (nSPS) is 11.4. The molecule has 0 unspecified atom stereocenters. The van der Waals surface area contributed by atoms with Gasteiger partial charge in [-0.15, -0.1) is 11.3 Å². The van der Waals surface area contributed by atoms with E-state index in [0.29, 0.717) is 36.2 Å². The van der Waals surface area contributed by atoms with Crippen molar-refractivity contribution < 1.29 is 9.57 Å². The minimum Gasteiger partial charge on any atom is -0.488 e. The van der Waals surface area contributed by atoms with Gasteiger partial charge >= 0.3 is 0 Å². The van der Waals surface area contributed by atoms with Crippen LogP contribution >= 0.6 is 22.9 Å². The number of aryl methyl sites for hydroxylation is 1. The zero-order chi connectivity index (χ0) is 15.1. The molecule has 1 aromatic carbocycles. The second-order valence-corrected chi connectivity index (χ2v) is 5.60. The van der Waals surface area contributed by atoms with Crippen molar-refractivity contribution >= 4 is 28.8 Å². The van der Waals surface area contributed by atoms with Crippen LogP contribution in [0.4, 0.5) is 0 Å². The highest BCUT2D eigenvalue weighted by Crippen LogP contribution is 2.22. The van der Waals surface area contributed by atoms with Crippen molar-refractivity contribution in [3.05, 3.63) is 45.4 Å². The summed E-state index contributed by atoms with van der Waals surface area (Å²) in [4.78, 5) is 9.41. The molecule has 0 aliphatic carbocycles. The van der Waals surface area contributed by atoms with Gasteiger partial charge in [-0.25, -0.2) is 4.98 Å². The molecule has 7 heteroatoms. The van der Waals surface area contributed by atoms with E-state index >= 15 is 0 Å². The molecule has 0 aliphatic heterocycles. The van der Waals surface area contributed by atoms with Gasteiger partial charge in [0.15, 0.2) is 6.61 Å². The maximum Gasteiger partial charge on any atom is 0.151 e. The number of para-hydroxylation sites is 1. The molecule has 0 aliphatic rings. The first kappa shape index (κ1) is 15.6. The highest BCUT2D eigenvalue weighted by molar-refractivity contribution is 7.09. The Morgan fingerprint density at radius 2 is 2.19 bits per heavy atom. The lowest BCUT2D eigenvalue weighted by atomic mass is 10.3. The average molecular weight is 326 g/mol. The lowest BCUT2D eigenvalue weighted by Gasteiger charge is -2.06. The molecule has 0 saturated heterocycles. The fraction of sp³-hybridized carbons (Fsp3) is 0.286. The number of hydrogen-bond donors (Lipinski definition) is 1. The highest BCUT2D eigenvalue weighted by Gasteiger charge is 2.02. The summed E-state index contributed by atoms with van der Waals surface area (Å²) in [5.41, 5.74) is 6.75. The number of halogens is 1. The van der Waals surface area contributed by atoms with Crippen molar-refractivity contribution in [1.82, 2.24) is 4.98 Å². The molecule has 0 spiro atoms. The fourth-order valence-electron chi connectivity index (χ4n) is 1.55. The number of rotatable bonds is 7. The third-order valence-corrected chi connectivity index (χ3v) is 3.73. The second-order valence-electron chi connectivity index (χ2n) is 4.25. The predicted octanol–water partition coefficient (Wildman–Crippen LogP) is 3.02. The van der Waals surface area contributed by atoms with E-state index in [9.17, 15) is 0 Å². The van der Waals surface area contributed by atoms with Crippen LogP contribution in [0.3, 0.4) is 0 Å². The molecule has 0 atom stereocenters. The Morgan fingerprint density at radius 1 is 1.38 bits per heavy atom. The van der Waals surface area contributed by atoms with Gasteiger partial charge in [0.1, 0.15) is 23.2 Å². The summed E-state index contributed by atoms with van der Waals surface area (Å²) >= 11 is 7.51. The summed E-state index contributed by atoms with van der Waals surface area (Å²) in [6.45, 7) is 2.58. The van der Waals surface area contributed by atoms with Crippen LogP contribution in [-0.2, 0) is 11.3 Å². The molecule has 5 nitrogen and oxygen atoms in total. The van der Waals surface area contributed by atoms with Gasteiger partial charge in [0.05, 0.1) is 11.4 Å². The van der Waals surface area contributed by atoms with E-state index in [1.807, 2.05) is 24.4 Å². The zero-order valence-electron chi connectivity index (χ0n) is 11.6. The molecule has 0 amide bonds. The third kappa shape index (κ3) is 5.24. The van der Waals surface area contributed by atoms with Crippen LogP contribution in [0.5, 0.6) is 5.75 Å². The zero-order valence-corrected chi connectivity index (χ0v) is 13.2. The molecule has 2 N–H and O–H groups in total. The molecular formula is C14H16ClN3O2S. The summed E-state index contributed by atoms with van der Waals surface area (Å²) in [6, 6.07) is 7.26. The largest absolute Gasteiger partial charge is 0.488 e. The van der Waals surface area contributed by atoms with E-state index < -0.39 is 0 Å². The minimum absolute atomic E-state index is 0.294. The van der Waals surface area contributed by atoms with Gasteiger partial charge in [-0.2, -0.15) is 0 Å². The van der Waals surface area contributed by atoms with E-state index in [1.54, 1.807) is 23.5 Å². The van der Waals surface area contributed by atoms with Crippen LogP contribution in [-0.4, -0.2) is 24.0 Å². The number of benzene rings is 1. The standard InChI is InChI=1S/C14H16ClN3O2S/c1-10-9-21-14(17-10)8-13(16)18-20-7-6-19-12-5-3-2-4-11(12)15/h2-5,9H,6-8H2,1H3,(H2,16,18). The topological polar surface area (TPSA) is 69.7 Å². The van der Waals surface area contributed by atoms with Crippen LogP contribution in [0.25, 0.3) is 0 Å². The Morgan fingerprint density at radius 3 is 2.90 bits per heavy atom. The minimum atomic E-state index is 0.294. The summed E-state index contributed by atoms with van der Waals surface area (Å²) in [5, 5.41) is 7.29. The van der Waals surface area contributed by atoms with E-state index in [4.69, 9.17) is 26.9 Å². The van der Waals surface area contributed by atoms with Crippen molar-refractivity contribution in [3.63, 3.8) is 0 Å². The molecule has 1 aromatic heterocycles. The second kappa shape index (κ2) is 7.85. The van der Waals surface area contributed by atoms with E-state index in [2.05, 4.69) is 10.1 Å². The van der Waals surface area contributed by atoms with Crippen LogP contribution < -0.4 is 10.5 Å². The molecule has 112 valence electrons. The number of thiazole rings is 1. The smallest absolute Gasteiger partial charge is 0.151 e. The third-order valence-electron chi connectivity index (χ3n) is 2.45. The van der Waals surface area contributed by atoms with E-state index in [-0.39, 0.29) is 0 Å². The molecule has 0 fully saturated rings. The predicted molar refractivity (Wildman–Crippen MR) is 85.1 cm³/mol. The Labute approximate surface area is 132 Å². The van der Waals surface area contributed by atoms with Crippen molar-refractivity contribution in [2.75, 3.05) is 13.2 Å². The maximum atomic E-state index is 5.96. The van der Waals surface area contributed by atoms with Crippen molar-refractivity contribution in [1.29, 1.82) is 0 Å². The van der Waals surface area contributed by atoms with Crippen molar-refractivity contribution in [2.24, 2.45) is 10.9 Å². The first-order valence-corrected chi connectivity index (χ1v) is 7.63. The number of aromatic nitrogens is 1. The summed E-state index contributed by atoms with van der Waals surface area (Å²) in [5.74, 6) is 1.01. The van der Waals surface area contributed by atoms with Gasteiger partial charge in [0, 0.05) is 11.1 Å². The highest BCUT2D eigenvalue weighted by atomic mass is 35.5. The van der Waals surface area contributed by atoms with Crippen molar-refractivity contribution in [2.45, 2.75) is 13.3 Å². The summed E-state index contributed by atoms with van der Waals surface area (Å²) in [7, 11) is 0. The van der Waals surface area contributed by atoms with Gasteiger partial charge < -0.3 is 15.3 Å². The van der Waals surface area contributed by atoms with Crippen LogP contribution in [0.2, 0.25) is 5.02 Å². The molecule has 0 bridgehead atoms. The number of hydrogen-bond acceptors (Lipinski definition) is 5. The summed E-state index contributed by atoms with van der Waals surface area (Å²) < 4.78 is 5.46. The van der Waals surface area contributed by atoms with E-state index in [1.165, 1.54) is 0 Å². The Balaban J connectivity index is 1.69. The lowest BCUT2D eigenvalue weighted by molar-refractivity contribution is 0.106. The van der Waals surface area contributed by atoms with Gasteiger partial charge in [0.25, 0.3) is 0 Å². The van der Waals surface area contributed by atoms with Crippen LogP contribution in [0, 0.1) is 6.92 Å². The van der Waals surface area contributed by atoms with Gasteiger partial charge in [0.2, 0.25) is 0 Å². The number of ether oxygens (including phenoxy) is 1. The quantitative estimate of drug-likeness (QED) is 0.368. The van der Waals surface area contributed by atoms with Crippen molar-refractivity contribution in [3.8, 4) is 5.75 Å². The first-order valence-electron chi connectivity index (χ1n) is 6.38. The van der Waals surface area contributed by atoms with Crippen LogP contribution in [0.15, 0.2) is 34.8 Å². The molecule has 0 saturated carbocycles. The molecule has 2 rings (SSSR count). The monoisotopic (exact) mass is 325 g/mol. The molecule has 2 aromatic rings. The number of nitrogens with zero attached hydrogens (tertiary/aromatic N) is 2. The van der Waals surface area contributed by atoms with Gasteiger partial charge in [-0.3, -0.25) is 0 Å². The summed E-state index contributed by atoms with van der Waals surface area (Å²) in [6.07, 6.45) is 0.490. The Kier molecular flexibility index (Phi) is 5.83. The van der Waals surface area contributed by atoms with E-state index in [0.717, 1.165) is 10.7 Å². The Bertz CT molecular complexity index is 616. The van der Waals surface area contributed by atoms with Gasteiger partial charge in [-0.1, -0.05) is 28.9 Å². The number of nitrogens with two attached hydrogens (primary N) is 1. The van der Waals surface area contributed by atoms with Crippen LogP contribution in [0.1, 0.15) is 10.7 Å². The molecule has 1 heterocycles. The average Bonchev–Trinajstić information content (AvgIpc) is 2.85. The SMILES string of the molecule is Cc1csc(CC(N)=NOCCOc2ccccc2Cl)n1. The van der Waals surface area contributed by atoms with Gasteiger partial charge in [-0.05, 0) is 19.1 Å². The molecule has 0 radical (unpaired) electrons.